The first-order valence-corrected chi connectivity index (χ1v) is 11.8. The monoisotopic (exact) mass is 446 g/mol. The van der Waals surface area contributed by atoms with Gasteiger partial charge in [-0.25, -0.2) is 19.6 Å². The fraction of sp³-hybridized carbons (Fsp3) is 0.458. The first-order valence-electron chi connectivity index (χ1n) is 11.8. The van der Waals surface area contributed by atoms with Crippen LogP contribution in [0.1, 0.15) is 32.1 Å². The summed E-state index contributed by atoms with van der Waals surface area (Å²) >= 11 is 0. The molecule has 5 rings (SSSR count). The molecular formula is C24H30N8O. The predicted octanol–water partition coefficient (Wildman–Crippen LogP) is 2.55. The van der Waals surface area contributed by atoms with Gasteiger partial charge >= 0.3 is 0 Å². The maximum atomic E-state index is 12.5. The molecule has 1 saturated heterocycles. The van der Waals surface area contributed by atoms with Gasteiger partial charge in [-0.2, -0.15) is 5.10 Å². The van der Waals surface area contributed by atoms with Crippen molar-refractivity contribution < 1.29 is 4.79 Å². The Morgan fingerprint density at radius 1 is 1.03 bits per heavy atom. The molecule has 0 spiro atoms. The van der Waals surface area contributed by atoms with Gasteiger partial charge in [0, 0.05) is 38.9 Å². The summed E-state index contributed by atoms with van der Waals surface area (Å²) in [6.45, 7) is 4.25. The highest BCUT2D eigenvalue weighted by Crippen LogP contribution is 2.24. The van der Waals surface area contributed by atoms with E-state index < -0.39 is 0 Å². The average Bonchev–Trinajstić information content (AvgIpc) is 3.28. The molecular weight excluding hydrogens is 416 g/mol. The van der Waals surface area contributed by atoms with E-state index in [0.29, 0.717) is 12.2 Å². The molecule has 1 fully saturated rings. The van der Waals surface area contributed by atoms with Gasteiger partial charge in [0.05, 0.1) is 11.6 Å². The second-order valence-electron chi connectivity index (χ2n) is 8.61. The molecule has 4 heterocycles. The van der Waals surface area contributed by atoms with Crippen LogP contribution in [0.4, 0.5) is 11.6 Å². The van der Waals surface area contributed by atoms with Gasteiger partial charge in [0.25, 0.3) is 0 Å². The second-order valence-corrected chi connectivity index (χ2v) is 8.61. The number of carbonyl (C=O) groups excluding carboxylic acids is 1. The van der Waals surface area contributed by atoms with E-state index in [1.54, 1.807) is 17.2 Å². The lowest BCUT2D eigenvalue weighted by molar-refractivity contribution is -0.121. The molecule has 9 nitrogen and oxygen atoms in total. The first kappa shape index (κ1) is 21.4. The molecule has 1 aliphatic carbocycles. The Morgan fingerprint density at radius 3 is 2.70 bits per heavy atom. The van der Waals surface area contributed by atoms with Crippen molar-refractivity contribution in [3.63, 3.8) is 0 Å². The Kier molecular flexibility index (Phi) is 6.46. The highest BCUT2D eigenvalue weighted by atomic mass is 16.2. The zero-order valence-electron chi connectivity index (χ0n) is 18.9. The Hall–Kier alpha value is -3.49. The van der Waals surface area contributed by atoms with Crippen molar-refractivity contribution in [2.24, 2.45) is 0 Å². The summed E-state index contributed by atoms with van der Waals surface area (Å²) in [4.78, 5) is 30.5. The Labute approximate surface area is 193 Å². The SMILES string of the molecule is O=C(Cn1ncc2c(N3CCN(c4ccccn4)CC3)ncnc21)NCCC1=CCCCC1. The Morgan fingerprint density at radius 2 is 1.91 bits per heavy atom. The quantitative estimate of drug-likeness (QED) is 0.558. The van der Waals surface area contributed by atoms with Crippen molar-refractivity contribution in [2.45, 2.75) is 38.6 Å². The molecule has 0 atom stereocenters. The van der Waals surface area contributed by atoms with Crippen LogP contribution in [0.3, 0.4) is 0 Å². The summed E-state index contributed by atoms with van der Waals surface area (Å²) in [6.07, 6.45) is 13.3. The van der Waals surface area contributed by atoms with Crippen LogP contribution in [-0.4, -0.2) is 63.4 Å². The third kappa shape index (κ3) is 4.97. The molecule has 33 heavy (non-hydrogen) atoms. The molecule has 0 radical (unpaired) electrons. The van der Waals surface area contributed by atoms with E-state index in [-0.39, 0.29) is 12.5 Å². The van der Waals surface area contributed by atoms with Crippen LogP contribution in [0, 0.1) is 0 Å². The molecule has 1 N–H and O–H groups in total. The third-order valence-corrected chi connectivity index (χ3v) is 6.41. The second kappa shape index (κ2) is 9.97. The number of allylic oxidation sites excluding steroid dienone is 1. The molecule has 0 aromatic carbocycles. The lowest BCUT2D eigenvalue weighted by atomic mass is 9.97. The number of pyridine rings is 1. The van der Waals surface area contributed by atoms with Crippen molar-refractivity contribution in [1.29, 1.82) is 0 Å². The van der Waals surface area contributed by atoms with Crippen LogP contribution in [0.2, 0.25) is 0 Å². The lowest BCUT2D eigenvalue weighted by Crippen LogP contribution is -2.47. The van der Waals surface area contributed by atoms with Crippen molar-refractivity contribution in [1.82, 2.24) is 30.0 Å². The van der Waals surface area contributed by atoms with Crippen LogP contribution < -0.4 is 15.1 Å². The van der Waals surface area contributed by atoms with Gasteiger partial charge in [-0.3, -0.25) is 4.79 Å². The fourth-order valence-corrected chi connectivity index (χ4v) is 4.62. The summed E-state index contributed by atoms with van der Waals surface area (Å²) in [5, 5.41) is 8.35. The summed E-state index contributed by atoms with van der Waals surface area (Å²) in [5.74, 6) is 1.83. The van der Waals surface area contributed by atoms with Gasteiger partial charge in [0.1, 0.15) is 24.5 Å². The highest BCUT2D eigenvalue weighted by Gasteiger charge is 2.22. The van der Waals surface area contributed by atoms with Crippen LogP contribution in [-0.2, 0) is 11.3 Å². The Bertz CT molecular complexity index is 1120. The van der Waals surface area contributed by atoms with Crippen molar-refractivity contribution in [3.05, 3.63) is 48.6 Å². The highest BCUT2D eigenvalue weighted by molar-refractivity contribution is 5.88. The summed E-state index contributed by atoms with van der Waals surface area (Å²) in [6, 6.07) is 5.99. The standard InChI is InChI=1S/C24H30N8O/c33-22(26-11-9-19-6-2-1-3-7-19)17-32-24-20(16-29-32)23(27-18-28-24)31-14-12-30(13-15-31)21-8-4-5-10-25-21/h4-6,8,10,16,18H,1-3,7,9,11-15,17H2,(H,26,33). The zero-order chi connectivity index (χ0) is 22.5. The number of nitrogens with one attached hydrogen (secondary N) is 1. The number of hydrogen-bond acceptors (Lipinski definition) is 7. The molecule has 3 aromatic rings. The first-order chi connectivity index (χ1) is 16.3. The topological polar surface area (TPSA) is 92.1 Å². The molecule has 9 heteroatoms. The van der Waals surface area contributed by atoms with Crippen LogP contribution >= 0.6 is 0 Å². The van der Waals surface area contributed by atoms with Gasteiger partial charge < -0.3 is 15.1 Å². The van der Waals surface area contributed by atoms with Gasteiger partial charge in [-0.05, 0) is 44.2 Å². The number of aromatic nitrogens is 5. The molecule has 3 aromatic heterocycles. The smallest absolute Gasteiger partial charge is 0.241 e. The van der Waals surface area contributed by atoms with E-state index in [0.717, 1.165) is 56.0 Å². The number of carbonyl (C=O) groups is 1. The number of rotatable bonds is 7. The van der Waals surface area contributed by atoms with Gasteiger partial charge in [0.2, 0.25) is 5.91 Å². The molecule has 1 aliphatic heterocycles. The lowest BCUT2D eigenvalue weighted by Gasteiger charge is -2.36. The van der Waals surface area contributed by atoms with Gasteiger partial charge in [-0.1, -0.05) is 17.7 Å². The van der Waals surface area contributed by atoms with E-state index in [4.69, 9.17) is 0 Å². The number of anilines is 2. The third-order valence-electron chi connectivity index (χ3n) is 6.41. The minimum Gasteiger partial charge on any atom is -0.354 e. The maximum Gasteiger partial charge on any atom is 0.241 e. The zero-order valence-corrected chi connectivity index (χ0v) is 18.9. The number of nitrogens with zero attached hydrogens (tertiary/aromatic N) is 7. The minimum atomic E-state index is -0.0412. The maximum absolute atomic E-state index is 12.5. The van der Waals surface area contributed by atoms with Crippen molar-refractivity contribution >= 4 is 28.6 Å². The minimum absolute atomic E-state index is 0.0412. The molecule has 172 valence electrons. The van der Waals surface area contributed by atoms with E-state index >= 15 is 0 Å². The predicted molar refractivity (Wildman–Crippen MR) is 128 cm³/mol. The van der Waals surface area contributed by atoms with Crippen LogP contribution in [0.15, 0.2) is 48.6 Å². The normalized spacial score (nSPS) is 16.7. The number of piperazine rings is 1. The molecule has 2 aliphatic rings. The molecule has 0 bridgehead atoms. The van der Waals surface area contributed by atoms with Crippen molar-refractivity contribution in [3.8, 4) is 0 Å². The fourth-order valence-electron chi connectivity index (χ4n) is 4.62. The number of amides is 1. The summed E-state index contributed by atoms with van der Waals surface area (Å²) < 4.78 is 1.67. The van der Waals surface area contributed by atoms with E-state index in [2.05, 4.69) is 41.2 Å². The average molecular weight is 447 g/mol. The van der Waals surface area contributed by atoms with E-state index in [1.165, 1.54) is 24.8 Å². The van der Waals surface area contributed by atoms with Crippen molar-refractivity contribution in [2.75, 3.05) is 42.5 Å². The molecule has 1 amide bonds. The number of fused-ring (bicyclic) bond motifs is 1. The van der Waals surface area contributed by atoms with Gasteiger partial charge in [-0.15, -0.1) is 0 Å². The Balaban J connectivity index is 1.20. The van der Waals surface area contributed by atoms with E-state index in [1.807, 2.05) is 24.4 Å². The van der Waals surface area contributed by atoms with Crippen LogP contribution in [0.5, 0.6) is 0 Å². The largest absolute Gasteiger partial charge is 0.354 e. The van der Waals surface area contributed by atoms with Crippen LogP contribution in [0.25, 0.3) is 11.0 Å². The molecule has 0 unspecified atom stereocenters. The summed E-state index contributed by atoms with van der Waals surface area (Å²) in [7, 11) is 0. The number of hydrogen-bond donors (Lipinski definition) is 1. The molecule has 0 saturated carbocycles. The van der Waals surface area contributed by atoms with Gasteiger partial charge in [0.15, 0.2) is 5.65 Å². The summed E-state index contributed by atoms with van der Waals surface area (Å²) in [5.41, 5.74) is 2.16. The van der Waals surface area contributed by atoms with E-state index in [9.17, 15) is 4.79 Å².